The standard InChI is InChI=1S/C19H19F5N2O2S2/c1-9-8-11(18(20,21)19(22,23)24)4-5-13(9)26-17(28)15-12(6-7-30-15)14(29-3)10(2)16(25)27/h4-8,10,14H,1-3H3,(H2,25,27)(H,26,28). The van der Waals surface area contributed by atoms with Gasteiger partial charge in [-0.1, -0.05) is 13.0 Å². The molecule has 0 saturated heterocycles. The quantitative estimate of drug-likeness (QED) is 0.530. The number of amides is 2. The molecule has 2 aromatic rings. The molecule has 164 valence electrons. The van der Waals surface area contributed by atoms with Crippen LogP contribution in [0.5, 0.6) is 0 Å². The number of hydrogen-bond acceptors (Lipinski definition) is 4. The first kappa shape index (κ1) is 24.1. The Labute approximate surface area is 178 Å². The van der Waals surface area contributed by atoms with E-state index in [1.807, 2.05) is 0 Å². The van der Waals surface area contributed by atoms with Crippen LogP contribution in [-0.4, -0.2) is 24.2 Å². The highest BCUT2D eigenvalue weighted by atomic mass is 32.2. The third kappa shape index (κ3) is 4.77. The number of benzene rings is 1. The average molecular weight is 466 g/mol. The second kappa shape index (κ2) is 8.93. The lowest BCUT2D eigenvalue weighted by atomic mass is 10.00. The van der Waals surface area contributed by atoms with Crippen molar-refractivity contribution in [2.24, 2.45) is 11.7 Å². The van der Waals surface area contributed by atoms with E-state index in [1.165, 1.54) is 18.7 Å². The van der Waals surface area contributed by atoms with Gasteiger partial charge in [0.1, 0.15) is 0 Å². The molecule has 30 heavy (non-hydrogen) atoms. The number of carbonyl (C=O) groups excluding carboxylic acids is 2. The molecule has 11 heteroatoms. The van der Waals surface area contributed by atoms with E-state index in [-0.39, 0.29) is 16.5 Å². The number of thioether (sulfide) groups is 1. The van der Waals surface area contributed by atoms with Crippen molar-refractivity contribution in [1.82, 2.24) is 0 Å². The number of hydrogen-bond donors (Lipinski definition) is 2. The molecule has 0 bridgehead atoms. The van der Waals surface area contributed by atoms with E-state index < -0.39 is 35.4 Å². The summed E-state index contributed by atoms with van der Waals surface area (Å²) < 4.78 is 64.8. The van der Waals surface area contributed by atoms with Crippen molar-refractivity contribution < 1.29 is 31.5 Å². The third-order valence-electron chi connectivity index (χ3n) is 4.56. The minimum Gasteiger partial charge on any atom is -0.369 e. The number of carbonyl (C=O) groups is 2. The normalized spacial score (nSPS) is 14.3. The monoisotopic (exact) mass is 466 g/mol. The molecule has 1 aromatic carbocycles. The van der Waals surface area contributed by atoms with Crippen molar-refractivity contribution in [2.75, 3.05) is 11.6 Å². The van der Waals surface area contributed by atoms with Crippen LogP contribution in [-0.2, 0) is 10.7 Å². The molecular formula is C19H19F5N2O2S2. The first-order chi connectivity index (χ1) is 13.8. The minimum absolute atomic E-state index is 0.0507. The van der Waals surface area contributed by atoms with E-state index in [0.29, 0.717) is 22.6 Å². The van der Waals surface area contributed by atoms with Crippen molar-refractivity contribution in [3.05, 3.63) is 51.2 Å². The summed E-state index contributed by atoms with van der Waals surface area (Å²) in [4.78, 5) is 24.6. The first-order valence-corrected chi connectivity index (χ1v) is 10.7. The maximum Gasteiger partial charge on any atom is 0.458 e. The summed E-state index contributed by atoms with van der Waals surface area (Å²) in [5.74, 6) is -6.64. The molecular weight excluding hydrogens is 447 g/mol. The van der Waals surface area contributed by atoms with Crippen LogP contribution in [0.3, 0.4) is 0 Å². The molecule has 1 heterocycles. The SMILES string of the molecule is CSC(c1ccsc1C(=O)Nc1ccc(C(F)(F)C(F)(F)F)cc1C)C(C)C(N)=O. The predicted octanol–water partition coefficient (Wildman–Crippen LogP) is 5.49. The van der Waals surface area contributed by atoms with Gasteiger partial charge in [-0.2, -0.15) is 33.7 Å². The van der Waals surface area contributed by atoms with Crippen LogP contribution in [0.4, 0.5) is 27.6 Å². The molecule has 1 aromatic heterocycles. The molecule has 3 N–H and O–H groups in total. The van der Waals surface area contributed by atoms with Gasteiger partial charge in [-0.3, -0.25) is 9.59 Å². The van der Waals surface area contributed by atoms with Crippen molar-refractivity contribution in [3.63, 3.8) is 0 Å². The van der Waals surface area contributed by atoms with Gasteiger partial charge in [0.25, 0.3) is 5.91 Å². The number of nitrogens with one attached hydrogen (secondary N) is 1. The largest absolute Gasteiger partial charge is 0.458 e. The molecule has 0 aliphatic carbocycles. The van der Waals surface area contributed by atoms with Crippen LogP contribution in [0.1, 0.15) is 38.5 Å². The van der Waals surface area contributed by atoms with Gasteiger partial charge in [0.05, 0.1) is 10.8 Å². The molecule has 2 atom stereocenters. The van der Waals surface area contributed by atoms with Crippen molar-refractivity contribution in [2.45, 2.75) is 31.2 Å². The fraction of sp³-hybridized carbons (Fsp3) is 0.368. The molecule has 0 aliphatic rings. The maximum atomic E-state index is 13.5. The minimum atomic E-state index is -5.72. The Bertz CT molecular complexity index is 943. The number of nitrogens with two attached hydrogens (primary N) is 1. The number of primary amides is 1. The predicted molar refractivity (Wildman–Crippen MR) is 108 cm³/mol. The summed E-state index contributed by atoms with van der Waals surface area (Å²) in [6.45, 7) is 2.97. The Morgan fingerprint density at radius 1 is 1.17 bits per heavy atom. The lowest BCUT2D eigenvalue weighted by Gasteiger charge is -2.21. The smallest absolute Gasteiger partial charge is 0.369 e. The Hall–Kier alpha value is -2.14. The number of alkyl halides is 5. The zero-order valence-corrected chi connectivity index (χ0v) is 17.8. The lowest BCUT2D eigenvalue weighted by Crippen LogP contribution is -2.33. The molecule has 0 spiro atoms. The van der Waals surface area contributed by atoms with Crippen molar-refractivity contribution >= 4 is 40.6 Å². The van der Waals surface area contributed by atoms with Gasteiger partial charge in [-0.05, 0) is 47.9 Å². The average Bonchev–Trinajstić information content (AvgIpc) is 3.12. The van der Waals surface area contributed by atoms with Crippen LogP contribution >= 0.6 is 23.1 Å². The van der Waals surface area contributed by atoms with Crippen LogP contribution < -0.4 is 11.1 Å². The van der Waals surface area contributed by atoms with Gasteiger partial charge in [0.2, 0.25) is 5.91 Å². The summed E-state index contributed by atoms with van der Waals surface area (Å²) in [6.07, 6.45) is -3.95. The summed E-state index contributed by atoms with van der Waals surface area (Å²) in [7, 11) is 0. The summed E-state index contributed by atoms with van der Waals surface area (Å²) in [5.41, 5.74) is 4.91. The fourth-order valence-corrected chi connectivity index (χ4v) is 4.73. The van der Waals surface area contributed by atoms with Crippen LogP contribution in [0.2, 0.25) is 0 Å². The molecule has 0 radical (unpaired) electrons. The second-order valence-corrected chi connectivity index (χ2v) is 8.50. The number of thiophene rings is 1. The first-order valence-electron chi connectivity index (χ1n) is 8.57. The van der Waals surface area contributed by atoms with E-state index in [0.717, 1.165) is 17.4 Å². The topological polar surface area (TPSA) is 72.2 Å². The summed E-state index contributed by atoms with van der Waals surface area (Å²) in [5, 5.41) is 3.83. The Kier molecular flexibility index (Phi) is 7.18. The number of anilines is 1. The van der Waals surface area contributed by atoms with Gasteiger partial charge in [-0.15, -0.1) is 11.3 Å². The highest BCUT2D eigenvalue weighted by molar-refractivity contribution is 7.98. The zero-order chi connectivity index (χ0) is 22.9. The van der Waals surface area contributed by atoms with Gasteiger partial charge in [-0.25, -0.2) is 0 Å². The van der Waals surface area contributed by atoms with Gasteiger partial charge in [0.15, 0.2) is 0 Å². The molecule has 0 fully saturated rings. The third-order valence-corrected chi connectivity index (χ3v) is 6.66. The van der Waals surface area contributed by atoms with E-state index in [9.17, 15) is 31.5 Å². The van der Waals surface area contributed by atoms with Gasteiger partial charge < -0.3 is 11.1 Å². The lowest BCUT2D eigenvalue weighted by molar-refractivity contribution is -0.289. The zero-order valence-electron chi connectivity index (χ0n) is 16.1. The van der Waals surface area contributed by atoms with Gasteiger partial charge in [0, 0.05) is 16.5 Å². The van der Waals surface area contributed by atoms with E-state index >= 15 is 0 Å². The van der Waals surface area contributed by atoms with Gasteiger partial charge >= 0.3 is 12.1 Å². The highest BCUT2D eigenvalue weighted by Crippen LogP contribution is 2.44. The number of aryl methyl sites for hydroxylation is 1. The summed E-state index contributed by atoms with van der Waals surface area (Å²) >= 11 is 2.47. The fourth-order valence-electron chi connectivity index (χ4n) is 2.82. The number of rotatable bonds is 7. The van der Waals surface area contributed by atoms with E-state index in [4.69, 9.17) is 5.73 Å². The highest BCUT2D eigenvalue weighted by Gasteiger charge is 2.58. The van der Waals surface area contributed by atoms with Crippen molar-refractivity contribution in [1.29, 1.82) is 0 Å². The van der Waals surface area contributed by atoms with E-state index in [1.54, 1.807) is 24.6 Å². The van der Waals surface area contributed by atoms with Crippen LogP contribution in [0.25, 0.3) is 0 Å². The Morgan fingerprint density at radius 2 is 1.80 bits per heavy atom. The molecule has 0 aliphatic heterocycles. The molecule has 2 amide bonds. The molecule has 4 nitrogen and oxygen atoms in total. The van der Waals surface area contributed by atoms with E-state index in [2.05, 4.69) is 5.32 Å². The maximum absolute atomic E-state index is 13.5. The Balaban J connectivity index is 2.30. The Morgan fingerprint density at radius 3 is 2.30 bits per heavy atom. The molecule has 2 unspecified atom stereocenters. The van der Waals surface area contributed by atoms with Crippen LogP contribution in [0, 0.1) is 12.8 Å². The van der Waals surface area contributed by atoms with Crippen LogP contribution in [0.15, 0.2) is 29.6 Å². The van der Waals surface area contributed by atoms with Crippen molar-refractivity contribution in [3.8, 4) is 0 Å². The number of halogens is 5. The second-order valence-electron chi connectivity index (χ2n) is 6.61. The summed E-state index contributed by atoms with van der Waals surface area (Å²) in [6, 6.07) is 4.03. The molecule has 2 rings (SSSR count). The molecule has 0 saturated carbocycles.